The minimum atomic E-state index is -4.39. The molecule has 0 unspecified atom stereocenters. The highest BCUT2D eigenvalue weighted by Gasteiger charge is 2.33. The number of aromatic nitrogens is 1. The van der Waals surface area contributed by atoms with Gasteiger partial charge in [-0.25, -0.2) is 0 Å². The van der Waals surface area contributed by atoms with Crippen LogP contribution in [0.25, 0.3) is 22.0 Å². The van der Waals surface area contributed by atoms with E-state index in [0.717, 1.165) is 21.4 Å². The number of nitrogens with zero attached hydrogens (tertiary/aromatic N) is 1. The lowest BCUT2D eigenvalue weighted by molar-refractivity contribution is -0.137. The zero-order valence-corrected chi connectivity index (χ0v) is 12.2. The average molecular weight is 352 g/mol. The van der Waals surface area contributed by atoms with Crippen molar-refractivity contribution in [1.82, 2.24) is 4.98 Å². The third-order valence-corrected chi connectivity index (χ3v) is 3.68. The molecule has 1 heterocycles. The fourth-order valence-electron chi connectivity index (χ4n) is 2.23. The van der Waals surface area contributed by atoms with E-state index in [1.807, 2.05) is 18.2 Å². The standard InChI is InChI=1S/C16H9BrF3N/c17-12-5-6-15-10(8-12)7-11(9-21-15)13-3-1-2-4-14(13)16(18,19)20/h1-9H. The van der Waals surface area contributed by atoms with Gasteiger partial charge in [0.25, 0.3) is 0 Å². The molecular formula is C16H9BrF3N. The summed E-state index contributed by atoms with van der Waals surface area (Å²) in [5.74, 6) is 0. The summed E-state index contributed by atoms with van der Waals surface area (Å²) >= 11 is 3.35. The summed E-state index contributed by atoms with van der Waals surface area (Å²) < 4.78 is 40.1. The van der Waals surface area contributed by atoms with E-state index < -0.39 is 11.7 Å². The van der Waals surface area contributed by atoms with Crippen LogP contribution in [0.5, 0.6) is 0 Å². The van der Waals surface area contributed by atoms with Crippen LogP contribution in [0.15, 0.2) is 59.2 Å². The summed E-state index contributed by atoms with van der Waals surface area (Å²) in [6.45, 7) is 0. The largest absolute Gasteiger partial charge is 0.417 e. The number of fused-ring (bicyclic) bond motifs is 1. The Morgan fingerprint density at radius 2 is 1.71 bits per heavy atom. The zero-order valence-electron chi connectivity index (χ0n) is 10.7. The first-order valence-corrected chi connectivity index (χ1v) is 6.96. The van der Waals surface area contributed by atoms with Crippen molar-refractivity contribution in [1.29, 1.82) is 0 Å². The summed E-state index contributed by atoms with van der Waals surface area (Å²) in [4.78, 5) is 4.23. The number of rotatable bonds is 1. The van der Waals surface area contributed by atoms with E-state index in [4.69, 9.17) is 0 Å². The summed E-state index contributed by atoms with van der Waals surface area (Å²) in [5.41, 5.74) is 0.681. The number of benzene rings is 2. The van der Waals surface area contributed by atoms with Crippen LogP contribution in [-0.4, -0.2) is 4.98 Å². The fourth-order valence-corrected chi connectivity index (χ4v) is 2.61. The van der Waals surface area contributed by atoms with Gasteiger partial charge in [0.05, 0.1) is 11.1 Å². The number of alkyl halides is 3. The maximum atomic E-state index is 13.1. The molecule has 21 heavy (non-hydrogen) atoms. The summed E-state index contributed by atoms with van der Waals surface area (Å²) in [6.07, 6.45) is -2.91. The second-order valence-corrected chi connectivity index (χ2v) is 5.52. The van der Waals surface area contributed by atoms with E-state index in [-0.39, 0.29) is 5.56 Å². The Labute approximate surface area is 127 Å². The molecule has 0 aliphatic heterocycles. The summed E-state index contributed by atoms with van der Waals surface area (Å²) in [5, 5.41) is 0.791. The van der Waals surface area contributed by atoms with Crippen LogP contribution < -0.4 is 0 Å². The van der Waals surface area contributed by atoms with Gasteiger partial charge in [-0.15, -0.1) is 0 Å². The van der Waals surface area contributed by atoms with Crippen molar-refractivity contribution in [2.24, 2.45) is 0 Å². The number of pyridine rings is 1. The number of hydrogen-bond acceptors (Lipinski definition) is 1. The van der Waals surface area contributed by atoms with Crippen molar-refractivity contribution >= 4 is 26.8 Å². The predicted molar refractivity (Wildman–Crippen MR) is 79.9 cm³/mol. The summed E-state index contributed by atoms with van der Waals surface area (Å²) in [6, 6.07) is 12.7. The number of hydrogen-bond donors (Lipinski definition) is 0. The molecule has 1 nitrogen and oxygen atoms in total. The van der Waals surface area contributed by atoms with E-state index in [9.17, 15) is 13.2 Å². The van der Waals surface area contributed by atoms with Gasteiger partial charge in [0.2, 0.25) is 0 Å². The lowest BCUT2D eigenvalue weighted by atomic mass is 9.99. The molecule has 0 aliphatic carbocycles. The molecule has 106 valence electrons. The summed E-state index contributed by atoms with van der Waals surface area (Å²) in [7, 11) is 0. The van der Waals surface area contributed by atoms with E-state index in [1.165, 1.54) is 18.3 Å². The third kappa shape index (κ3) is 2.78. The van der Waals surface area contributed by atoms with Crippen LogP contribution >= 0.6 is 15.9 Å². The maximum Gasteiger partial charge on any atom is 0.417 e. The van der Waals surface area contributed by atoms with Crippen molar-refractivity contribution in [3.05, 3.63) is 64.8 Å². The topological polar surface area (TPSA) is 12.9 Å². The monoisotopic (exact) mass is 351 g/mol. The second kappa shape index (κ2) is 5.15. The van der Waals surface area contributed by atoms with Crippen molar-refractivity contribution < 1.29 is 13.2 Å². The molecule has 0 aliphatic rings. The van der Waals surface area contributed by atoms with Crippen LogP contribution in [0.3, 0.4) is 0 Å². The Morgan fingerprint density at radius 3 is 2.48 bits per heavy atom. The highest BCUT2D eigenvalue weighted by Crippen LogP contribution is 2.37. The van der Waals surface area contributed by atoms with Gasteiger partial charge >= 0.3 is 6.18 Å². The molecule has 0 saturated heterocycles. The maximum absolute atomic E-state index is 13.1. The second-order valence-electron chi connectivity index (χ2n) is 4.60. The molecule has 1 aromatic heterocycles. The molecule has 3 rings (SSSR count). The highest BCUT2D eigenvalue weighted by atomic mass is 79.9. The van der Waals surface area contributed by atoms with Crippen LogP contribution in [0.2, 0.25) is 0 Å². The van der Waals surface area contributed by atoms with E-state index in [1.54, 1.807) is 12.1 Å². The van der Waals surface area contributed by atoms with Gasteiger partial charge in [0.15, 0.2) is 0 Å². The number of halogens is 4. The van der Waals surface area contributed by atoms with E-state index in [0.29, 0.717) is 5.56 Å². The molecule has 0 bridgehead atoms. The van der Waals surface area contributed by atoms with Crippen molar-refractivity contribution in [2.75, 3.05) is 0 Å². The lowest BCUT2D eigenvalue weighted by Crippen LogP contribution is -2.06. The molecule has 0 saturated carbocycles. The third-order valence-electron chi connectivity index (χ3n) is 3.19. The molecule has 2 aromatic carbocycles. The normalized spacial score (nSPS) is 11.8. The molecule has 0 spiro atoms. The van der Waals surface area contributed by atoms with Crippen LogP contribution in [0, 0.1) is 0 Å². The Kier molecular flexibility index (Phi) is 3.45. The fraction of sp³-hybridized carbons (Fsp3) is 0.0625. The smallest absolute Gasteiger partial charge is 0.256 e. The van der Waals surface area contributed by atoms with Crippen molar-refractivity contribution in [3.8, 4) is 11.1 Å². The first kappa shape index (κ1) is 14.1. The van der Waals surface area contributed by atoms with Crippen molar-refractivity contribution in [3.63, 3.8) is 0 Å². The van der Waals surface area contributed by atoms with Gasteiger partial charge in [-0.2, -0.15) is 13.2 Å². The molecule has 3 aromatic rings. The molecule has 0 fully saturated rings. The van der Waals surface area contributed by atoms with Gasteiger partial charge in [-0.1, -0.05) is 34.1 Å². The van der Waals surface area contributed by atoms with Crippen LogP contribution in [0.4, 0.5) is 13.2 Å². The first-order chi connectivity index (χ1) is 9.95. The first-order valence-electron chi connectivity index (χ1n) is 6.17. The highest BCUT2D eigenvalue weighted by molar-refractivity contribution is 9.10. The predicted octanol–water partition coefficient (Wildman–Crippen LogP) is 5.68. The Balaban J connectivity index is 2.21. The quantitative estimate of drug-likeness (QED) is 0.549. The average Bonchev–Trinajstić information content (AvgIpc) is 2.45. The lowest BCUT2D eigenvalue weighted by Gasteiger charge is -2.13. The molecule has 0 N–H and O–H groups in total. The minimum Gasteiger partial charge on any atom is -0.256 e. The van der Waals surface area contributed by atoms with Crippen molar-refractivity contribution in [2.45, 2.75) is 6.18 Å². The minimum absolute atomic E-state index is 0.138. The van der Waals surface area contributed by atoms with Gasteiger partial charge in [-0.05, 0) is 35.9 Å². The molecule has 0 atom stereocenters. The van der Waals surface area contributed by atoms with Gasteiger partial charge < -0.3 is 0 Å². The Hall–Kier alpha value is -1.88. The Morgan fingerprint density at radius 1 is 0.952 bits per heavy atom. The SMILES string of the molecule is FC(F)(F)c1ccccc1-c1cnc2ccc(Br)cc2c1. The van der Waals surface area contributed by atoms with E-state index >= 15 is 0 Å². The van der Waals surface area contributed by atoms with E-state index in [2.05, 4.69) is 20.9 Å². The molecule has 5 heteroatoms. The van der Waals surface area contributed by atoms with Crippen LogP contribution in [-0.2, 0) is 6.18 Å². The zero-order chi connectivity index (χ0) is 15.0. The van der Waals surface area contributed by atoms with Gasteiger partial charge in [-0.3, -0.25) is 4.98 Å². The van der Waals surface area contributed by atoms with Crippen LogP contribution in [0.1, 0.15) is 5.56 Å². The molecular weight excluding hydrogens is 343 g/mol. The van der Waals surface area contributed by atoms with Gasteiger partial charge in [0, 0.05) is 21.6 Å². The molecule has 0 amide bonds. The van der Waals surface area contributed by atoms with Gasteiger partial charge in [0.1, 0.15) is 0 Å². The Bertz CT molecular complexity index is 812. The molecule has 0 radical (unpaired) electrons.